The van der Waals surface area contributed by atoms with E-state index in [1.807, 2.05) is 24.6 Å². The molecule has 1 fully saturated rings. The second-order valence-corrected chi connectivity index (χ2v) is 10.9. The van der Waals surface area contributed by atoms with Crippen LogP contribution in [-0.4, -0.2) is 54.3 Å². The number of thiazole rings is 1. The van der Waals surface area contributed by atoms with Crippen LogP contribution in [0.5, 0.6) is 5.75 Å². The van der Waals surface area contributed by atoms with Crippen molar-refractivity contribution in [3.8, 4) is 5.75 Å². The molecule has 0 bridgehead atoms. The van der Waals surface area contributed by atoms with Crippen molar-refractivity contribution >= 4 is 17.2 Å². The zero-order valence-electron chi connectivity index (χ0n) is 21.7. The molecule has 200 valence electrons. The van der Waals surface area contributed by atoms with Gasteiger partial charge in [0, 0.05) is 24.2 Å². The summed E-state index contributed by atoms with van der Waals surface area (Å²) >= 11 is 1.37. The lowest BCUT2D eigenvalue weighted by Crippen LogP contribution is -2.28. The van der Waals surface area contributed by atoms with E-state index in [0.29, 0.717) is 24.5 Å². The first-order valence-corrected chi connectivity index (χ1v) is 13.2. The monoisotopic (exact) mass is 527 g/mol. The standard InChI is InChI=1S/C26H36F3N3O3S/c1-6-31(7-2)12-14-35-21-11-10-18(26(27,28)29)15-20(21)23(33)30-24-32(16-19-9-8-13-34-19)17-22(36-24)25(3,4)5/h10-11,15,17,19H,6-9,12-14,16H2,1-5H3/b30-24-/t19-/m1/s1. The maximum absolute atomic E-state index is 13.5. The Kier molecular flexibility index (Phi) is 9.40. The second kappa shape index (κ2) is 11.9. The molecule has 0 unspecified atom stereocenters. The van der Waals surface area contributed by atoms with Gasteiger partial charge in [-0.1, -0.05) is 34.6 Å². The Morgan fingerprint density at radius 3 is 2.56 bits per heavy atom. The lowest BCUT2D eigenvalue weighted by Gasteiger charge is -2.19. The smallest absolute Gasteiger partial charge is 0.416 e. The molecular formula is C26H36F3N3O3S. The van der Waals surface area contributed by atoms with Crippen molar-refractivity contribution in [2.24, 2.45) is 4.99 Å². The Labute approximate surface area is 214 Å². The van der Waals surface area contributed by atoms with E-state index in [9.17, 15) is 18.0 Å². The van der Waals surface area contributed by atoms with E-state index >= 15 is 0 Å². The number of hydrogen-bond acceptors (Lipinski definition) is 5. The van der Waals surface area contributed by atoms with Crippen molar-refractivity contribution in [2.45, 2.75) is 71.7 Å². The van der Waals surface area contributed by atoms with Crippen molar-refractivity contribution in [3.63, 3.8) is 0 Å². The van der Waals surface area contributed by atoms with Gasteiger partial charge in [-0.2, -0.15) is 18.2 Å². The fourth-order valence-electron chi connectivity index (χ4n) is 3.92. The van der Waals surface area contributed by atoms with Crippen molar-refractivity contribution in [1.82, 2.24) is 9.47 Å². The van der Waals surface area contributed by atoms with E-state index in [2.05, 4.69) is 30.7 Å². The molecule has 0 N–H and O–H groups in total. The number of alkyl halides is 3. The highest BCUT2D eigenvalue weighted by Crippen LogP contribution is 2.33. The van der Waals surface area contributed by atoms with Crippen LogP contribution in [-0.2, 0) is 22.9 Å². The Bertz CT molecular complexity index is 1090. The van der Waals surface area contributed by atoms with Crippen LogP contribution in [0.3, 0.4) is 0 Å². The first-order valence-electron chi connectivity index (χ1n) is 12.4. The van der Waals surface area contributed by atoms with Crippen molar-refractivity contribution in [2.75, 3.05) is 32.8 Å². The maximum atomic E-state index is 13.5. The maximum Gasteiger partial charge on any atom is 0.416 e. The number of halogens is 3. The quantitative estimate of drug-likeness (QED) is 0.432. The highest BCUT2D eigenvalue weighted by atomic mass is 32.1. The number of rotatable bonds is 9. The number of carbonyl (C=O) groups is 1. The summed E-state index contributed by atoms with van der Waals surface area (Å²) < 4.78 is 53.8. The Morgan fingerprint density at radius 1 is 1.25 bits per heavy atom. The minimum absolute atomic E-state index is 0.0222. The number of ether oxygens (including phenoxy) is 2. The Balaban J connectivity index is 1.98. The molecule has 0 radical (unpaired) electrons. The van der Waals surface area contributed by atoms with Gasteiger partial charge >= 0.3 is 6.18 Å². The fraction of sp³-hybridized carbons (Fsp3) is 0.615. The molecule has 2 aromatic rings. The molecule has 1 aliphatic rings. The molecule has 6 nitrogen and oxygen atoms in total. The second-order valence-electron chi connectivity index (χ2n) is 9.92. The molecule has 1 atom stereocenters. The first-order chi connectivity index (χ1) is 16.9. The van der Waals surface area contributed by atoms with Crippen LogP contribution in [0.4, 0.5) is 13.2 Å². The third-order valence-electron chi connectivity index (χ3n) is 6.18. The minimum Gasteiger partial charge on any atom is -0.491 e. The molecular weight excluding hydrogens is 491 g/mol. The van der Waals surface area contributed by atoms with E-state index in [-0.39, 0.29) is 29.4 Å². The van der Waals surface area contributed by atoms with Crippen LogP contribution in [0.1, 0.15) is 68.3 Å². The number of aromatic nitrogens is 1. The predicted octanol–water partition coefficient (Wildman–Crippen LogP) is 5.51. The topological polar surface area (TPSA) is 56.1 Å². The van der Waals surface area contributed by atoms with Crippen LogP contribution in [0, 0.1) is 0 Å². The van der Waals surface area contributed by atoms with Gasteiger partial charge in [-0.15, -0.1) is 11.3 Å². The molecule has 1 aliphatic heterocycles. The lowest BCUT2D eigenvalue weighted by atomic mass is 9.95. The highest BCUT2D eigenvalue weighted by molar-refractivity contribution is 7.09. The summed E-state index contributed by atoms with van der Waals surface area (Å²) in [6.07, 6.45) is -0.706. The fourth-order valence-corrected chi connectivity index (χ4v) is 4.98. The van der Waals surface area contributed by atoms with E-state index in [4.69, 9.17) is 9.47 Å². The van der Waals surface area contributed by atoms with E-state index < -0.39 is 17.6 Å². The summed E-state index contributed by atoms with van der Waals surface area (Å²) in [5.41, 5.74) is -1.28. The highest BCUT2D eigenvalue weighted by Gasteiger charge is 2.32. The third kappa shape index (κ3) is 7.43. The first kappa shape index (κ1) is 28.4. The summed E-state index contributed by atoms with van der Waals surface area (Å²) in [5.74, 6) is -0.662. The molecule has 0 spiro atoms. The van der Waals surface area contributed by atoms with Crippen LogP contribution < -0.4 is 9.54 Å². The van der Waals surface area contributed by atoms with E-state index in [0.717, 1.165) is 42.9 Å². The van der Waals surface area contributed by atoms with Crippen molar-refractivity contribution in [3.05, 3.63) is 45.2 Å². The number of benzene rings is 1. The third-order valence-corrected chi connectivity index (χ3v) is 7.62. The number of carbonyl (C=O) groups excluding carboxylic acids is 1. The molecule has 3 rings (SSSR count). The summed E-state index contributed by atoms with van der Waals surface area (Å²) in [6, 6.07) is 2.98. The molecule has 36 heavy (non-hydrogen) atoms. The largest absolute Gasteiger partial charge is 0.491 e. The summed E-state index contributed by atoms with van der Waals surface area (Å²) in [6.45, 7) is 14.0. The number of nitrogens with zero attached hydrogens (tertiary/aromatic N) is 3. The summed E-state index contributed by atoms with van der Waals surface area (Å²) in [4.78, 5) is 21.2. The molecule has 1 saturated heterocycles. The van der Waals surface area contributed by atoms with Crippen LogP contribution in [0.15, 0.2) is 29.4 Å². The molecule has 1 aromatic carbocycles. The molecule has 2 heterocycles. The molecule has 1 aromatic heterocycles. The van der Waals surface area contributed by atoms with E-state index in [1.165, 1.54) is 17.4 Å². The van der Waals surface area contributed by atoms with Gasteiger partial charge in [-0.3, -0.25) is 4.79 Å². The normalized spacial score (nSPS) is 17.2. The van der Waals surface area contributed by atoms with Gasteiger partial charge in [0.05, 0.1) is 23.8 Å². The Morgan fingerprint density at radius 2 is 1.97 bits per heavy atom. The number of amides is 1. The van der Waals surface area contributed by atoms with Gasteiger partial charge in [0.1, 0.15) is 12.4 Å². The lowest BCUT2D eigenvalue weighted by molar-refractivity contribution is -0.137. The van der Waals surface area contributed by atoms with Crippen LogP contribution in [0.2, 0.25) is 0 Å². The van der Waals surface area contributed by atoms with Gasteiger partial charge in [-0.05, 0) is 49.5 Å². The number of hydrogen-bond donors (Lipinski definition) is 0. The molecule has 1 amide bonds. The minimum atomic E-state index is -4.59. The van der Waals surface area contributed by atoms with Crippen molar-refractivity contribution < 1.29 is 27.4 Å². The van der Waals surface area contributed by atoms with Crippen molar-refractivity contribution in [1.29, 1.82) is 0 Å². The van der Waals surface area contributed by atoms with Crippen LogP contribution >= 0.6 is 11.3 Å². The Hall–Kier alpha value is -2.17. The molecule has 10 heteroatoms. The molecule has 0 saturated carbocycles. The van der Waals surface area contributed by atoms with Gasteiger partial charge in [0.25, 0.3) is 5.91 Å². The van der Waals surface area contributed by atoms with Gasteiger partial charge in [0.2, 0.25) is 0 Å². The average molecular weight is 528 g/mol. The van der Waals surface area contributed by atoms with Crippen LogP contribution in [0.25, 0.3) is 0 Å². The predicted molar refractivity (Wildman–Crippen MR) is 135 cm³/mol. The zero-order valence-corrected chi connectivity index (χ0v) is 22.5. The van der Waals surface area contributed by atoms with E-state index in [1.54, 1.807) is 0 Å². The van der Waals surface area contributed by atoms with Gasteiger partial charge in [-0.25, -0.2) is 0 Å². The van der Waals surface area contributed by atoms with Gasteiger partial charge in [0.15, 0.2) is 4.80 Å². The average Bonchev–Trinajstić information content (AvgIpc) is 3.46. The zero-order chi connectivity index (χ0) is 26.5. The number of likely N-dealkylation sites (N-methyl/N-ethyl adjacent to an activating group) is 1. The SMILES string of the molecule is CCN(CC)CCOc1ccc(C(F)(F)F)cc1C(=O)/N=c1\sc(C(C)(C)C)cn1C[C@H]1CCCO1. The van der Waals surface area contributed by atoms with Gasteiger partial charge < -0.3 is 18.9 Å². The summed E-state index contributed by atoms with van der Waals surface area (Å²) in [7, 11) is 0. The molecule has 0 aliphatic carbocycles. The summed E-state index contributed by atoms with van der Waals surface area (Å²) in [5, 5.41) is 0.